The van der Waals surface area contributed by atoms with Gasteiger partial charge in [0.05, 0.1) is 13.2 Å². The first-order chi connectivity index (χ1) is 14.7. The molecular formula is C22H17N3O4S. The molecule has 0 radical (unpaired) electrons. The van der Waals surface area contributed by atoms with Gasteiger partial charge in [0.25, 0.3) is 0 Å². The predicted octanol–water partition coefficient (Wildman–Crippen LogP) is 3.47. The number of hydrogen-bond donors (Lipinski definition) is 2. The molecule has 150 valence electrons. The van der Waals surface area contributed by atoms with Crippen molar-refractivity contribution in [3.63, 3.8) is 0 Å². The third-order valence-corrected chi connectivity index (χ3v) is 6.09. The molecule has 2 unspecified atom stereocenters. The maximum Gasteiger partial charge on any atom is 0.374 e. The number of fused-ring (bicyclic) bond motifs is 3. The zero-order valence-electron chi connectivity index (χ0n) is 15.9. The number of carbonyl (C=O) groups is 1. The first-order valence-electron chi connectivity index (χ1n) is 9.32. The highest BCUT2D eigenvalue weighted by atomic mass is 32.1. The summed E-state index contributed by atoms with van der Waals surface area (Å²) in [6.45, 7) is 0. The van der Waals surface area contributed by atoms with Crippen LogP contribution in [-0.2, 0) is 9.53 Å². The SMILES string of the molecule is COC(=O)C1=NC(c2cccs2)C(c2cc(=O)oc3c2ccc2ccccc23)NN1. The molecule has 8 heteroatoms. The van der Waals surface area contributed by atoms with E-state index in [-0.39, 0.29) is 5.84 Å². The summed E-state index contributed by atoms with van der Waals surface area (Å²) in [5, 5.41) is 4.61. The molecule has 2 aromatic carbocycles. The third-order valence-electron chi connectivity index (χ3n) is 5.15. The summed E-state index contributed by atoms with van der Waals surface area (Å²) in [5.41, 5.74) is 6.81. The van der Waals surface area contributed by atoms with Gasteiger partial charge in [-0.25, -0.2) is 15.0 Å². The van der Waals surface area contributed by atoms with Crippen molar-refractivity contribution >= 4 is 44.9 Å². The van der Waals surface area contributed by atoms with Crippen LogP contribution in [0.5, 0.6) is 0 Å². The molecule has 1 aliphatic rings. The molecule has 4 aromatic rings. The van der Waals surface area contributed by atoms with Crippen molar-refractivity contribution in [2.75, 3.05) is 7.11 Å². The van der Waals surface area contributed by atoms with Crippen molar-refractivity contribution < 1.29 is 13.9 Å². The molecule has 2 aromatic heterocycles. The number of nitrogens with zero attached hydrogens (tertiary/aromatic N) is 1. The van der Waals surface area contributed by atoms with E-state index in [0.717, 1.165) is 26.6 Å². The van der Waals surface area contributed by atoms with Crippen LogP contribution in [0.3, 0.4) is 0 Å². The molecule has 30 heavy (non-hydrogen) atoms. The second kappa shape index (κ2) is 7.40. The lowest BCUT2D eigenvalue weighted by atomic mass is 9.94. The molecule has 3 heterocycles. The van der Waals surface area contributed by atoms with Gasteiger partial charge in [-0.15, -0.1) is 11.3 Å². The van der Waals surface area contributed by atoms with Crippen molar-refractivity contribution in [2.24, 2.45) is 4.99 Å². The maximum absolute atomic E-state index is 12.5. The molecule has 0 saturated carbocycles. The monoisotopic (exact) mass is 419 g/mol. The third kappa shape index (κ3) is 3.06. The fourth-order valence-corrected chi connectivity index (χ4v) is 4.58. The zero-order chi connectivity index (χ0) is 20.7. The molecule has 0 fully saturated rings. The van der Waals surface area contributed by atoms with Crippen LogP contribution in [0.2, 0.25) is 0 Å². The number of esters is 1. The van der Waals surface area contributed by atoms with Gasteiger partial charge in [0.2, 0.25) is 5.84 Å². The van der Waals surface area contributed by atoms with Gasteiger partial charge in [-0.1, -0.05) is 42.5 Å². The molecule has 0 amide bonds. The lowest BCUT2D eigenvalue weighted by Crippen LogP contribution is -2.49. The van der Waals surface area contributed by atoms with E-state index in [1.165, 1.54) is 24.5 Å². The Kier molecular flexibility index (Phi) is 4.57. The zero-order valence-corrected chi connectivity index (χ0v) is 16.7. The van der Waals surface area contributed by atoms with Crippen molar-refractivity contribution in [3.8, 4) is 0 Å². The van der Waals surface area contributed by atoms with Gasteiger partial charge >= 0.3 is 11.6 Å². The molecule has 2 atom stereocenters. The van der Waals surface area contributed by atoms with E-state index in [4.69, 9.17) is 9.15 Å². The molecule has 1 aliphatic heterocycles. The van der Waals surface area contributed by atoms with E-state index in [0.29, 0.717) is 5.58 Å². The van der Waals surface area contributed by atoms with Crippen LogP contribution in [0.15, 0.2) is 74.2 Å². The number of rotatable bonds is 3. The Morgan fingerprint density at radius 1 is 1.13 bits per heavy atom. The Morgan fingerprint density at radius 3 is 2.80 bits per heavy atom. The van der Waals surface area contributed by atoms with E-state index in [9.17, 15) is 9.59 Å². The lowest BCUT2D eigenvalue weighted by Gasteiger charge is -2.31. The number of aliphatic imine (C=N–C) groups is 1. The maximum atomic E-state index is 12.5. The molecule has 0 aliphatic carbocycles. The number of hydrogen-bond acceptors (Lipinski definition) is 8. The molecule has 2 N–H and O–H groups in total. The summed E-state index contributed by atoms with van der Waals surface area (Å²) in [6.07, 6.45) is 0. The summed E-state index contributed by atoms with van der Waals surface area (Å²) < 4.78 is 10.4. The highest BCUT2D eigenvalue weighted by Gasteiger charge is 2.33. The molecule has 0 bridgehead atoms. The van der Waals surface area contributed by atoms with E-state index < -0.39 is 23.7 Å². The quantitative estimate of drug-likeness (QED) is 0.300. The normalized spacial score (nSPS) is 18.8. The average molecular weight is 419 g/mol. The van der Waals surface area contributed by atoms with Crippen LogP contribution in [0.1, 0.15) is 22.5 Å². The van der Waals surface area contributed by atoms with Crippen molar-refractivity contribution in [2.45, 2.75) is 12.1 Å². The minimum atomic E-state index is -0.564. The second-order valence-corrected chi connectivity index (χ2v) is 7.84. The number of methoxy groups -OCH3 is 1. The molecule has 7 nitrogen and oxygen atoms in total. The number of amidine groups is 1. The Morgan fingerprint density at radius 2 is 2.00 bits per heavy atom. The minimum Gasteiger partial charge on any atom is -0.463 e. The summed E-state index contributed by atoms with van der Waals surface area (Å²) in [5.74, 6) is -0.476. The number of ether oxygens (including phenoxy) is 1. The van der Waals surface area contributed by atoms with Crippen LogP contribution < -0.4 is 16.5 Å². The van der Waals surface area contributed by atoms with Crippen LogP contribution in [0.25, 0.3) is 21.7 Å². The van der Waals surface area contributed by atoms with Gasteiger partial charge in [-0.2, -0.15) is 0 Å². The van der Waals surface area contributed by atoms with E-state index in [1.807, 2.05) is 53.9 Å². The fourth-order valence-electron chi connectivity index (χ4n) is 3.78. The number of nitrogens with one attached hydrogen (secondary N) is 2. The summed E-state index contributed by atoms with van der Waals surface area (Å²) >= 11 is 1.53. The Labute approximate surface area is 175 Å². The molecular weight excluding hydrogens is 402 g/mol. The van der Waals surface area contributed by atoms with Gasteiger partial charge in [0.1, 0.15) is 11.6 Å². The van der Waals surface area contributed by atoms with Crippen LogP contribution in [0, 0.1) is 0 Å². The van der Waals surface area contributed by atoms with Crippen LogP contribution >= 0.6 is 11.3 Å². The number of benzene rings is 2. The number of hydrazine groups is 1. The fraction of sp³-hybridized carbons (Fsp3) is 0.136. The first-order valence-corrected chi connectivity index (χ1v) is 10.2. The first kappa shape index (κ1) is 18.5. The Balaban J connectivity index is 1.72. The predicted molar refractivity (Wildman–Crippen MR) is 116 cm³/mol. The minimum absolute atomic E-state index is 0.0878. The van der Waals surface area contributed by atoms with Crippen molar-refractivity contribution in [1.29, 1.82) is 0 Å². The number of thiophene rings is 1. The van der Waals surface area contributed by atoms with Gasteiger partial charge in [-0.05, 0) is 22.4 Å². The second-order valence-electron chi connectivity index (χ2n) is 6.86. The van der Waals surface area contributed by atoms with Gasteiger partial charge in [-0.3, -0.25) is 10.4 Å². The highest BCUT2D eigenvalue weighted by molar-refractivity contribution is 7.10. The summed E-state index contributed by atoms with van der Waals surface area (Å²) in [6, 6.07) is 16.3. The summed E-state index contributed by atoms with van der Waals surface area (Å²) in [4.78, 5) is 30.1. The topological polar surface area (TPSA) is 92.9 Å². The highest BCUT2D eigenvalue weighted by Crippen LogP contribution is 2.39. The van der Waals surface area contributed by atoms with Gasteiger partial charge < -0.3 is 9.15 Å². The van der Waals surface area contributed by atoms with E-state index >= 15 is 0 Å². The van der Waals surface area contributed by atoms with E-state index in [1.54, 1.807) is 0 Å². The largest absolute Gasteiger partial charge is 0.463 e. The Bertz CT molecular complexity index is 1340. The molecule has 0 saturated heterocycles. The smallest absolute Gasteiger partial charge is 0.374 e. The van der Waals surface area contributed by atoms with E-state index in [2.05, 4.69) is 15.8 Å². The van der Waals surface area contributed by atoms with Gasteiger partial charge in [0.15, 0.2) is 0 Å². The average Bonchev–Trinajstić information content (AvgIpc) is 3.32. The van der Waals surface area contributed by atoms with Crippen LogP contribution in [0.4, 0.5) is 0 Å². The summed E-state index contributed by atoms with van der Waals surface area (Å²) in [7, 11) is 1.31. The van der Waals surface area contributed by atoms with Crippen LogP contribution in [-0.4, -0.2) is 18.9 Å². The Hall–Kier alpha value is -3.49. The van der Waals surface area contributed by atoms with Crippen molar-refractivity contribution in [1.82, 2.24) is 10.9 Å². The molecule has 5 rings (SSSR count). The number of carbonyl (C=O) groups excluding carboxylic acids is 1. The van der Waals surface area contributed by atoms with Gasteiger partial charge in [0, 0.05) is 21.7 Å². The van der Waals surface area contributed by atoms with Crippen molar-refractivity contribution in [3.05, 3.63) is 80.8 Å². The lowest BCUT2D eigenvalue weighted by molar-refractivity contribution is -0.133. The molecule has 0 spiro atoms. The standard InChI is InChI=1S/C22H17N3O4S/c1-28-22(27)21-23-19(16-7-4-10-30-16)18(24-25-21)15-11-17(26)29-20-13-6-3-2-5-12(13)8-9-14(15)20/h2-11,18-19,24H,1H3,(H,23,25).